The Hall–Kier alpha value is -4.42. The number of rotatable bonds is 13. The van der Waals surface area contributed by atoms with Crippen molar-refractivity contribution in [2.45, 2.75) is 50.9 Å². The standard InChI is InChI=1S/C40H40Cl2FN3O6.H2O/c1-49-35-12-11-28(18-37(35)50-24-25-9-10-25)36(19-30-31(41)20-44-21-32(30)42)51-39(47)29-6-4-5-26(17-29)22-46(34-8-3-2-7-33(34)43)40(48)52-38-23-45-15-13-27(38)14-16-45;/h2-8,11-12,17-18,20-21,25,27,36,38H,9-10,13-16,19,22-24H2,1H3;1H2/t36-,38+;/m1./s1. The molecule has 0 radical (unpaired) electrons. The van der Waals surface area contributed by atoms with E-state index < -0.39 is 24.0 Å². The Morgan fingerprint density at radius 3 is 2.40 bits per heavy atom. The average molecular weight is 767 g/mol. The minimum Gasteiger partial charge on any atom is -0.870 e. The third-order valence-corrected chi connectivity index (χ3v) is 10.8. The molecule has 1 aliphatic carbocycles. The lowest BCUT2D eigenvalue weighted by molar-refractivity contribution is -0.377. The number of anilines is 1. The third kappa shape index (κ3) is 9.21. The maximum atomic E-state index is 15.2. The number of aromatic nitrogens is 1. The van der Waals surface area contributed by atoms with Crippen LogP contribution in [0.2, 0.25) is 10.0 Å². The molecule has 3 saturated heterocycles. The average Bonchev–Trinajstić information content (AvgIpc) is 4.00. The van der Waals surface area contributed by atoms with Crippen molar-refractivity contribution < 1.29 is 43.4 Å². The number of fused-ring (bicyclic) bond motifs is 3. The fourth-order valence-electron chi connectivity index (χ4n) is 6.92. The van der Waals surface area contributed by atoms with Crippen LogP contribution in [0.1, 0.15) is 58.8 Å². The molecule has 1 amide bonds. The molecular formula is C40H42Cl2FN3O7. The molecule has 10 nitrogen and oxygen atoms in total. The molecule has 13 heteroatoms. The number of piperidine rings is 3. The Bertz CT molecular complexity index is 1900. The highest BCUT2D eigenvalue weighted by Crippen LogP contribution is 2.38. The van der Waals surface area contributed by atoms with Crippen molar-refractivity contribution in [3.05, 3.63) is 117 Å². The van der Waals surface area contributed by atoms with Gasteiger partial charge in [-0.25, -0.2) is 19.0 Å². The van der Waals surface area contributed by atoms with Gasteiger partial charge in [-0.15, -0.1) is 0 Å². The third-order valence-electron chi connectivity index (χ3n) is 10.1. The van der Waals surface area contributed by atoms with Crippen LogP contribution in [0.5, 0.6) is 11.5 Å². The number of esters is 1. The van der Waals surface area contributed by atoms with Gasteiger partial charge in [-0.2, -0.15) is 0 Å². The molecular weight excluding hydrogens is 724 g/mol. The topological polar surface area (TPSA) is 122 Å². The molecule has 1 saturated carbocycles. The lowest BCUT2D eigenvalue weighted by atomic mass is 9.86. The Morgan fingerprint density at radius 1 is 0.962 bits per heavy atom. The second-order valence-electron chi connectivity index (χ2n) is 13.7. The highest BCUT2D eigenvalue weighted by molar-refractivity contribution is 6.35. The number of carbonyl (C=O) groups excluding carboxylic acids is 2. The highest BCUT2D eigenvalue weighted by atomic mass is 35.5. The summed E-state index contributed by atoms with van der Waals surface area (Å²) in [5.74, 6) is 0.760. The van der Waals surface area contributed by atoms with Crippen LogP contribution in [0.25, 0.3) is 0 Å². The van der Waals surface area contributed by atoms with Gasteiger partial charge >= 0.3 is 12.1 Å². The van der Waals surface area contributed by atoms with E-state index in [4.69, 9.17) is 42.1 Å². The molecule has 2 bridgehead atoms. The van der Waals surface area contributed by atoms with E-state index in [9.17, 15) is 9.59 Å². The van der Waals surface area contributed by atoms with Gasteiger partial charge in [0.25, 0.3) is 0 Å². The smallest absolute Gasteiger partial charge is 0.415 e. The number of hydrogen-bond donors (Lipinski definition) is 0. The van der Waals surface area contributed by atoms with Crippen LogP contribution >= 0.6 is 23.2 Å². The summed E-state index contributed by atoms with van der Waals surface area (Å²) >= 11 is 13.1. The molecule has 4 fully saturated rings. The van der Waals surface area contributed by atoms with Gasteiger partial charge in [0.2, 0.25) is 0 Å². The number of halogens is 3. The van der Waals surface area contributed by atoms with E-state index in [2.05, 4.69) is 9.88 Å². The van der Waals surface area contributed by atoms with E-state index in [0.717, 1.165) is 38.8 Å². The molecule has 2 N–H and O–H groups in total. The second kappa shape index (κ2) is 17.2. The van der Waals surface area contributed by atoms with E-state index in [1.807, 2.05) is 12.1 Å². The molecule has 0 unspecified atom stereocenters. The first kappa shape index (κ1) is 38.3. The number of ether oxygens (including phenoxy) is 4. The van der Waals surface area contributed by atoms with Gasteiger partial charge in [-0.05, 0) is 98.1 Å². The molecule has 53 heavy (non-hydrogen) atoms. The maximum absolute atomic E-state index is 15.2. The lowest BCUT2D eigenvalue weighted by Gasteiger charge is -2.44. The first-order valence-electron chi connectivity index (χ1n) is 17.7. The minimum absolute atomic E-state index is 0. The van der Waals surface area contributed by atoms with Crippen LogP contribution in [0.15, 0.2) is 79.1 Å². The zero-order valence-electron chi connectivity index (χ0n) is 29.3. The number of carbonyl (C=O) groups is 2. The Balaban J connectivity index is 0.00000481. The van der Waals surface area contributed by atoms with Crippen LogP contribution in [-0.2, 0) is 22.4 Å². The monoisotopic (exact) mass is 765 g/mol. The molecule has 3 aromatic carbocycles. The van der Waals surface area contributed by atoms with Gasteiger partial charge in [-0.3, -0.25) is 9.80 Å². The summed E-state index contributed by atoms with van der Waals surface area (Å²) in [7, 11) is 1.58. The number of benzene rings is 3. The highest BCUT2D eigenvalue weighted by Gasteiger charge is 2.38. The summed E-state index contributed by atoms with van der Waals surface area (Å²) in [6.07, 6.45) is 5.90. The molecule has 0 spiro atoms. The normalized spacial score (nSPS) is 19.4. The number of pyridine rings is 1. The van der Waals surface area contributed by atoms with Crippen molar-refractivity contribution >= 4 is 41.0 Å². The number of amides is 1. The summed E-state index contributed by atoms with van der Waals surface area (Å²) in [6, 6.07) is 18.3. The van der Waals surface area contributed by atoms with Crippen LogP contribution in [0.3, 0.4) is 0 Å². The Kier molecular flexibility index (Phi) is 12.4. The summed E-state index contributed by atoms with van der Waals surface area (Å²) in [5, 5.41) is 0.792. The van der Waals surface area contributed by atoms with E-state index >= 15 is 4.39 Å². The summed E-state index contributed by atoms with van der Waals surface area (Å²) in [6.45, 7) is 3.20. The van der Waals surface area contributed by atoms with E-state index in [1.165, 1.54) is 11.0 Å². The van der Waals surface area contributed by atoms with Gasteiger partial charge < -0.3 is 24.4 Å². The molecule has 2 atom stereocenters. The first-order valence-corrected chi connectivity index (χ1v) is 18.4. The van der Waals surface area contributed by atoms with Gasteiger partial charge in [0.1, 0.15) is 28.1 Å². The summed E-state index contributed by atoms with van der Waals surface area (Å²) in [5.41, 5.74) is 2.20. The fourth-order valence-corrected chi connectivity index (χ4v) is 7.45. The lowest BCUT2D eigenvalue weighted by Crippen LogP contribution is -2.53. The van der Waals surface area contributed by atoms with Crippen molar-refractivity contribution in [1.29, 1.82) is 0 Å². The number of aromatic amines is 1. The number of H-pyrrole nitrogens is 1. The van der Waals surface area contributed by atoms with Gasteiger partial charge in [-0.1, -0.05) is 53.5 Å². The van der Waals surface area contributed by atoms with Crippen LogP contribution in [0, 0.1) is 17.7 Å². The maximum Gasteiger partial charge on any atom is 0.415 e. The van der Waals surface area contributed by atoms with Crippen molar-refractivity contribution in [3.63, 3.8) is 0 Å². The fraction of sp³-hybridized carbons (Fsp3) is 0.375. The molecule has 280 valence electrons. The predicted molar refractivity (Wildman–Crippen MR) is 196 cm³/mol. The number of hydrogen-bond acceptors (Lipinski definition) is 8. The molecule has 4 aromatic rings. The van der Waals surface area contributed by atoms with Crippen molar-refractivity contribution in [1.82, 2.24) is 4.90 Å². The number of nitrogens with one attached hydrogen (secondary N) is 1. The van der Waals surface area contributed by atoms with Gasteiger partial charge in [0, 0.05) is 18.5 Å². The molecule has 4 aliphatic rings. The van der Waals surface area contributed by atoms with Crippen molar-refractivity contribution in [3.8, 4) is 11.5 Å². The number of methoxy groups -OCH3 is 1. The number of nitrogens with zero attached hydrogens (tertiary/aromatic N) is 2. The second-order valence-corrected chi connectivity index (χ2v) is 14.5. The Morgan fingerprint density at radius 2 is 1.72 bits per heavy atom. The van der Waals surface area contributed by atoms with Crippen LogP contribution < -0.4 is 19.4 Å². The SMILES string of the molecule is COc1ccc([C@@H](Cc2c(Cl)c[nH+]cc2Cl)OC(=O)c2cccc(CN(C(=O)O[C@H]3CN4CCC3CC4)c3ccccc3F)c2)cc1OCC1CC1.[OH-]. The quantitative estimate of drug-likeness (QED) is 0.126. The Labute approximate surface area is 318 Å². The molecule has 1 aromatic heterocycles. The zero-order valence-corrected chi connectivity index (χ0v) is 30.8. The van der Waals surface area contributed by atoms with Gasteiger partial charge in [0.15, 0.2) is 23.9 Å². The zero-order chi connectivity index (χ0) is 36.2. The predicted octanol–water partition coefficient (Wildman–Crippen LogP) is 7.95. The first-order chi connectivity index (χ1) is 25.2. The molecule has 3 aliphatic heterocycles. The summed E-state index contributed by atoms with van der Waals surface area (Å²) in [4.78, 5) is 34.2. The van der Waals surface area contributed by atoms with Crippen LogP contribution in [-0.4, -0.2) is 61.9 Å². The van der Waals surface area contributed by atoms with Crippen LogP contribution in [0.4, 0.5) is 14.9 Å². The van der Waals surface area contributed by atoms with Crippen molar-refractivity contribution in [2.24, 2.45) is 11.8 Å². The minimum atomic E-state index is -0.811. The molecule has 4 heterocycles. The van der Waals surface area contributed by atoms with Gasteiger partial charge in [0.05, 0.1) is 31.5 Å². The van der Waals surface area contributed by atoms with E-state index in [0.29, 0.717) is 57.3 Å². The van der Waals surface area contributed by atoms with E-state index in [-0.39, 0.29) is 41.7 Å². The number of para-hydroxylation sites is 1. The van der Waals surface area contributed by atoms with E-state index in [1.54, 1.807) is 68.0 Å². The van der Waals surface area contributed by atoms with Crippen molar-refractivity contribution in [2.75, 3.05) is 38.3 Å². The largest absolute Gasteiger partial charge is 0.870 e. The molecule has 8 rings (SSSR count). The summed E-state index contributed by atoms with van der Waals surface area (Å²) < 4.78 is 39.1.